The first-order chi connectivity index (χ1) is 10.1. The van der Waals surface area contributed by atoms with Crippen LogP contribution in [-0.4, -0.2) is 20.4 Å². The van der Waals surface area contributed by atoms with E-state index < -0.39 is 0 Å². The quantitative estimate of drug-likeness (QED) is 0.798. The number of hydrogen-bond acceptors (Lipinski definition) is 3. The van der Waals surface area contributed by atoms with Gasteiger partial charge in [0.2, 0.25) is 0 Å². The SMILES string of the molecule is CC(Cn1cccn1)Nc1cc(=O)n(C)c2ccccc12. The van der Waals surface area contributed by atoms with Gasteiger partial charge in [0, 0.05) is 42.6 Å². The van der Waals surface area contributed by atoms with Crippen LogP contribution in [0.4, 0.5) is 5.69 Å². The van der Waals surface area contributed by atoms with Crippen LogP contribution in [-0.2, 0) is 13.6 Å². The van der Waals surface area contributed by atoms with Crippen LogP contribution in [0.1, 0.15) is 6.92 Å². The fraction of sp³-hybridized carbons (Fsp3) is 0.250. The van der Waals surface area contributed by atoms with Crippen LogP contribution in [0.15, 0.2) is 53.6 Å². The molecule has 0 amide bonds. The maximum atomic E-state index is 12.1. The summed E-state index contributed by atoms with van der Waals surface area (Å²) in [5, 5.41) is 8.67. The lowest BCUT2D eigenvalue weighted by Crippen LogP contribution is -2.24. The molecule has 1 unspecified atom stereocenters. The van der Waals surface area contributed by atoms with Crippen molar-refractivity contribution in [1.82, 2.24) is 14.3 Å². The number of nitrogens with one attached hydrogen (secondary N) is 1. The Kier molecular flexibility index (Phi) is 3.48. The fourth-order valence-electron chi connectivity index (χ4n) is 2.53. The first-order valence-corrected chi connectivity index (χ1v) is 6.98. The summed E-state index contributed by atoms with van der Waals surface area (Å²) in [5.74, 6) is 0. The Morgan fingerprint density at radius 1 is 1.29 bits per heavy atom. The lowest BCUT2D eigenvalue weighted by Gasteiger charge is -2.17. The van der Waals surface area contributed by atoms with Gasteiger partial charge < -0.3 is 9.88 Å². The zero-order chi connectivity index (χ0) is 14.8. The summed E-state index contributed by atoms with van der Waals surface area (Å²) in [7, 11) is 1.79. The zero-order valence-corrected chi connectivity index (χ0v) is 12.2. The van der Waals surface area contributed by atoms with E-state index in [0.29, 0.717) is 0 Å². The van der Waals surface area contributed by atoms with Crippen molar-refractivity contribution in [2.45, 2.75) is 19.5 Å². The molecular weight excluding hydrogens is 264 g/mol. The first kappa shape index (κ1) is 13.4. The molecule has 1 N–H and O–H groups in total. The third-order valence-corrected chi connectivity index (χ3v) is 3.58. The lowest BCUT2D eigenvalue weighted by molar-refractivity contribution is 0.561. The molecule has 0 saturated heterocycles. The Bertz CT molecular complexity index is 805. The Morgan fingerprint density at radius 3 is 2.86 bits per heavy atom. The van der Waals surface area contributed by atoms with Gasteiger partial charge in [0.25, 0.3) is 5.56 Å². The Morgan fingerprint density at radius 2 is 2.10 bits per heavy atom. The number of anilines is 1. The second-order valence-electron chi connectivity index (χ2n) is 5.25. The summed E-state index contributed by atoms with van der Waals surface area (Å²) in [6, 6.07) is 11.6. The summed E-state index contributed by atoms with van der Waals surface area (Å²) in [4.78, 5) is 12.1. The highest BCUT2D eigenvalue weighted by Gasteiger charge is 2.09. The summed E-state index contributed by atoms with van der Waals surface area (Å²) in [6.07, 6.45) is 3.70. The first-order valence-electron chi connectivity index (χ1n) is 6.98. The van der Waals surface area contributed by atoms with E-state index in [9.17, 15) is 4.79 Å². The van der Waals surface area contributed by atoms with E-state index in [2.05, 4.69) is 17.3 Å². The van der Waals surface area contributed by atoms with Gasteiger partial charge in [-0.1, -0.05) is 18.2 Å². The molecule has 0 fully saturated rings. The number of hydrogen-bond donors (Lipinski definition) is 1. The molecule has 21 heavy (non-hydrogen) atoms. The van der Waals surface area contributed by atoms with Crippen molar-refractivity contribution in [3.8, 4) is 0 Å². The number of fused-ring (bicyclic) bond motifs is 1. The fourth-order valence-corrected chi connectivity index (χ4v) is 2.53. The largest absolute Gasteiger partial charge is 0.380 e. The molecule has 1 aromatic carbocycles. The van der Waals surface area contributed by atoms with Crippen molar-refractivity contribution in [1.29, 1.82) is 0 Å². The molecule has 0 radical (unpaired) electrons. The van der Waals surface area contributed by atoms with Gasteiger partial charge in [-0.05, 0) is 19.1 Å². The second kappa shape index (κ2) is 5.44. The van der Waals surface area contributed by atoms with Gasteiger partial charge in [0.15, 0.2) is 0 Å². The topological polar surface area (TPSA) is 51.9 Å². The van der Waals surface area contributed by atoms with Crippen molar-refractivity contribution in [2.24, 2.45) is 7.05 Å². The maximum Gasteiger partial charge on any atom is 0.252 e. The summed E-state index contributed by atoms with van der Waals surface area (Å²) in [5.41, 5.74) is 1.79. The predicted octanol–water partition coefficient (Wildman–Crippen LogP) is 2.24. The standard InChI is InChI=1S/C16H18N4O/c1-12(11-20-9-5-8-17-20)18-14-10-16(21)19(2)15-7-4-3-6-13(14)15/h3-10,12,18H,11H2,1-2H3. The number of aryl methyl sites for hydroxylation is 1. The van der Waals surface area contributed by atoms with Gasteiger partial charge in [-0.25, -0.2) is 0 Å². The Balaban J connectivity index is 1.93. The van der Waals surface area contributed by atoms with E-state index in [1.165, 1.54) is 0 Å². The minimum absolute atomic E-state index is 0.0116. The molecule has 3 aromatic rings. The van der Waals surface area contributed by atoms with Gasteiger partial charge in [0.1, 0.15) is 0 Å². The molecule has 2 heterocycles. The van der Waals surface area contributed by atoms with Crippen LogP contribution >= 0.6 is 0 Å². The van der Waals surface area contributed by atoms with Gasteiger partial charge in [0.05, 0.1) is 12.1 Å². The molecule has 5 heteroatoms. The molecule has 0 bridgehead atoms. The van der Waals surface area contributed by atoms with Gasteiger partial charge in [-0.2, -0.15) is 5.10 Å². The van der Waals surface area contributed by atoms with Crippen LogP contribution in [0.5, 0.6) is 0 Å². The molecule has 108 valence electrons. The van der Waals surface area contributed by atoms with Crippen molar-refractivity contribution < 1.29 is 0 Å². The minimum Gasteiger partial charge on any atom is -0.380 e. The predicted molar refractivity (Wildman–Crippen MR) is 84.5 cm³/mol. The van der Waals surface area contributed by atoms with E-state index >= 15 is 0 Å². The van der Waals surface area contributed by atoms with Gasteiger partial charge >= 0.3 is 0 Å². The monoisotopic (exact) mass is 282 g/mol. The number of aromatic nitrogens is 3. The highest BCUT2D eigenvalue weighted by Crippen LogP contribution is 2.21. The molecule has 0 saturated carbocycles. The third-order valence-electron chi connectivity index (χ3n) is 3.58. The molecule has 2 aromatic heterocycles. The number of para-hydroxylation sites is 1. The maximum absolute atomic E-state index is 12.1. The molecular formula is C16H18N4O. The number of nitrogens with zero attached hydrogens (tertiary/aromatic N) is 3. The smallest absolute Gasteiger partial charge is 0.252 e. The highest BCUT2D eigenvalue weighted by molar-refractivity contribution is 5.91. The van der Waals surface area contributed by atoms with E-state index in [1.54, 1.807) is 23.9 Å². The zero-order valence-electron chi connectivity index (χ0n) is 12.2. The molecule has 3 rings (SSSR count). The summed E-state index contributed by atoms with van der Waals surface area (Å²) >= 11 is 0. The number of benzene rings is 1. The lowest BCUT2D eigenvalue weighted by atomic mass is 10.1. The number of rotatable bonds is 4. The van der Waals surface area contributed by atoms with Crippen LogP contribution in [0.2, 0.25) is 0 Å². The molecule has 0 aliphatic carbocycles. The second-order valence-corrected chi connectivity index (χ2v) is 5.25. The average Bonchev–Trinajstić information content (AvgIpc) is 2.97. The van der Waals surface area contributed by atoms with Crippen molar-refractivity contribution in [3.05, 3.63) is 59.1 Å². The van der Waals surface area contributed by atoms with Gasteiger partial charge in [-0.3, -0.25) is 9.48 Å². The molecule has 0 aliphatic rings. The summed E-state index contributed by atoms with van der Waals surface area (Å²) in [6.45, 7) is 2.82. The van der Waals surface area contributed by atoms with Gasteiger partial charge in [-0.15, -0.1) is 0 Å². The van der Waals surface area contributed by atoms with Crippen molar-refractivity contribution in [3.63, 3.8) is 0 Å². The third kappa shape index (κ3) is 2.67. The van der Waals surface area contributed by atoms with Crippen LogP contribution in [0, 0.1) is 0 Å². The van der Waals surface area contributed by atoms with Crippen molar-refractivity contribution >= 4 is 16.6 Å². The molecule has 0 spiro atoms. The van der Waals surface area contributed by atoms with Crippen molar-refractivity contribution in [2.75, 3.05) is 5.32 Å². The van der Waals surface area contributed by atoms with Crippen LogP contribution in [0.25, 0.3) is 10.9 Å². The minimum atomic E-state index is -0.0116. The highest BCUT2D eigenvalue weighted by atomic mass is 16.1. The Labute approximate surface area is 122 Å². The van der Waals surface area contributed by atoms with Crippen LogP contribution < -0.4 is 10.9 Å². The summed E-state index contributed by atoms with van der Waals surface area (Å²) < 4.78 is 3.54. The average molecular weight is 282 g/mol. The molecule has 5 nitrogen and oxygen atoms in total. The van der Waals surface area contributed by atoms with E-state index in [1.807, 2.05) is 41.2 Å². The van der Waals surface area contributed by atoms with E-state index in [4.69, 9.17) is 0 Å². The van der Waals surface area contributed by atoms with Crippen LogP contribution in [0.3, 0.4) is 0 Å². The number of pyridine rings is 1. The van der Waals surface area contributed by atoms with E-state index in [-0.39, 0.29) is 11.6 Å². The Hall–Kier alpha value is -2.56. The van der Waals surface area contributed by atoms with E-state index in [0.717, 1.165) is 23.1 Å². The normalized spacial score (nSPS) is 12.5. The molecule has 1 atom stereocenters. The molecule has 0 aliphatic heterocycles.